The van der Waals surface area contributed by atoms with E-state index in [0.29, 0.717) is 0 Å². The van der Waals surface area contributed by atoms with Gasteiger partial charge in [0, 0.05) is 0 Å². The zero-order valence-corrected chi connectivity index (χ0v) is 11.6. The van der Waals surface area contributed by atoms with Crippen molar-refractivity contribution < 1.29 is 49.4 Å². The van der Waals surface area contributed by atoms with E-state index in [1.54, 1.807) is 0 Å². The molecule has 3 aliphatic rings. The van der Waals surface area contributed by atoms with Crippen LogP contribution in [0.3, 0.4) is 0 Å². The Balaban J connectivity index is 0.000000205. The summed E-state index contributed by atoms with van der Waals surface area (Å²) in [7, 11) is 0. The van der Waals surface area contributed by atoms with Crippen LogP contribution in [0.15, 0.2) is 54.7 Å². The van der Waals surface area contributed by atoms with E-state index in [2.05, 4.69) is 36.5 Å². The Bertz CT molecular complexity index is 232. The maximum absolute atomic E-state index is 2.99. The maximum Gasteiger partial charge on any atom is 3.00 e. The summed E-state index contributed by atoms with van der Waals surface area (Å²) in [6, 6.07) is 0. The first-order chi connectivity index (χ1) is 7.50. The van der Waals surface area contributed by atoms with Gasteiger partial charge in [-0.1, -0.05) is 0 Å². The van der Waals surface area contributed by atoms with E-state index in [0.717, 1.165) is 19.3 Å². The van der Waals surface area contributed by atoms with Crippen LogP contribution >= 0.6 is 0 Å². The van der Waals surface area contributed by atoms with Crippen molar-refractivity contribution >= 4 is 0 Å². The zero-order chi connectivity index (χ0) is 10.6. The van der Waals surface area contributed by atoms with E-state index in [1.165, 1.54) is 0 Å². The van der Waals surface area contributed by atoms with Crippen molar-refractivity contribution in [2.45, 2.75) is 19.3 Å². The molecule has 0 N–H and O–H groups in total. The van der Waals surface area contributed by atoms with Crippen LogP contribution in [0.25, 0.3) is 0 Å². The molecule has 3 aliphatic carbocycles. The van der Waals surface area contributed by atoms with Crippen LogP contribution in [0.2, 0.25) is 0 Å². The quantitative estimate of drug-likeness (QED) is 0.583. The normalized spacial score (nSPS) is 16.5. The second-order valence-electron chi connectivity index (χ2n) is 3.01. The summed E-state index contributed by atoms with van der Waals surface area (Å²) in [5, 5.41) is 0. The fourth-order valence-corrected chi connectivity index (χ4v) is 1.02. The largest absolute Gasteiger partial charge is 3.00 e. The topological polar surface area (TPSA) is 0 Å². The minimum absolute atomic E-state index is 0. The van der Waals surface area contributed by atoms with Crippen molar-refractivity contribution in [1.82, 2.24) is 0 Å². The van der Waals surface area contributed by atoms with E-state index in [9.17, 15) is 0 Å². The van der Waals surface area contributed by atoms with Crippen LogP contribution in [0, 0.1) is 67.6 Å². The van der Waals surface area contributed by atoms with Gasteiger partial charge in [0.05, 0.1) is 0 Å². The maximum atomic E-state index is 2.99. The molecule has 0 aromatic carbocycles. The van der Waals surface area contributed by atoms with Gasteiger partial charge in [-0.25, -0.2) is 36.5 Å². The Labute approximate surface area is 140 Å². The Kier molecular flexibility index (Phi) is 13.1. The molecule has 0 aromatic rings. The first kappa shape index (κ1) is 16.0. The predicted molar refractivity (Wildman–Crippen MR) is 64.7 cm³/mol. The molecule has 0 radical (unpaired) electrons. The minimum atomic E-state index is 0. The fraction of sp³-hybridized carbons (Fsp3) is 0.200. The van der Waals surface area contributed by atoms with E-state index >= 15 is 0 Å². The molecule has 0 atom stereocenters. The monoisotopic (exact) mass is 348 g/mol. The standard InChI is InChI=1S/3C5H5.Eu/c3*1-2-4-5-3-1;/h3*1-3H,4H2;/q3*-1;+3. The third kappa shape index (κ3) is 10.5. The number of rotatable bonds is 0. The minimum Gasteiger partial charge on any atom is -0.273 e. The smallest absolute Gasteiger partial charge is 0.273 e. The molecule has 0 saturated heterocycles. The molecule has 0 aromatic heterocycles. The van der Waals surface area contributed by atoms with Crippen molar-refractivity contribution in [3.63, 3.8) is 0 Å². The third-order valence-corrected chi connectivity index (χ3v) is 1.76. The summed E-state index contributed by atoms with van der Waals surface area (Å²) in [5.74, 6) is 0. The van der Waals surface area contributed by atoms with Crippen molar-refractivity contribution in [2.75, 3.05) is 0 Å². The Morgan fingerprint density at radius 2 is 0.875 bits per heavy atom. The molecule has 0 saturated carbocycles. The van der Waals surface area contributed by atoms with Gasteiger partial charge in [0.2, 0.25) is 0 Å². The molecule has 0 aliphatic heterocycles. The molecule has 16 heavy (non-hydrogen) atoms. The van der Waals surface area contributed by atoms with Gasteiger partial charge in [-0.2, -0.15) is 18.2 Å². The van der Waals surface area contributed by atoms with Gasteiger partial charge in [0.25, 0.3) is 0 Å². The molecule has 0 heterocycles. The number of hydrogen-bond donors (Lipinski definition) is 0. The average molecular weight is 347 g/mol. The summed E-state index contributed by atoms with van der Waals surface area (Å²) in [6.07, 6.45) is 30.0. The van der Waals surface area contributed by atoms with Crippen LogP contribution in [-0.2, 0) is 0 Å². The van der Waals surface area contributed by atoms with Gasteiger partial charge in [0.1, 0.15) is 0 Å². The summed E-state index contributed by atoms with van der Waals surface area (Å²) < 4.78 is 0. The van der Waals surface area contributed by atoms with E-state index in [4.69, 9.17) is 0 Å². The first-order valence-electron chi connectivity index (χ1n) is 5.15. The Hall–Kier alpha value is 0.0244. The second-order valence-corrected chi connectivity index (χ2v) is 3.01. The van der Waals surface area contributed by atoms with Crippen molar-refractivity contribution in [3.8, 4) is 0 Å². The van der Waals surface area contributed by atoms with E-state index < -0.39 is 0 Å². The molecule has 3 rings (SSSR count). The SMILES string of the molecule is [C-]1=CC=CC1.[C-]1=CC=CC1.[C-]1=CC=CC1.[Eu+3]. The van der Waals surface area contributed by atoms with E-state index in [-0.39, 0.29) is 49.4 Å². The van der Waals surface area contributed by atoms with Crippen molar-refractivity contribution in [3.05, 3.63) is 72.9 Å². The zero-order valence-electron chi connectivity index (χ0n) is 9.20. The molecule has 82 valence electrons. The number of allylic oxidation sites excluding steroid dienone is 12. The van der Waals surface area contributed by atoms with Crippen LogP contribution < -0.4 is 0 Å². The molecular weight excluding hydrogens is 332 g/mol. The predicted octanol–water partition coefficient (Wildman–Crippen LogP) is 3.92. The molecule has 0 nitrogen and oxygen atoms in total. The van der Waals surface area contributed by atoms with Gasteiger partial charge in [-0.05, 0) is 0 Å². The first-order valence-corrected chi connectivity index (χ1v) is 5.15. The third-order valence-electron chi connectivity index (χ3n) is 1.76. The van der Waals surface area contributed by atoms with Crippen LogP contribution in [-0.4, -0.2) is 0 Å². The fourth-order valence-electron chi connectivity index (χ4n) is 1.02. The van der Waals surface area contributed by atoms with Crippen molar-refractivity contribution in [1.29, 1.82) is 0 Å². The summed E-state index contributed by atoms with van der Waals surface area (Å²) in [6.45, 7) is 0. The van der Waals surface area contributed by atoms with Crippen LogP contribution in [0.5, 0.6) is 0 Å². The van der Waals surface area contributed by atoms with Gasteiger partial charge < -0.3 is 0 Å². The summed E-state index contributed by atoms with van der Waals surface area (Å²) in [4.78, 5) is 0. The second kappa shape index (κ2) is 13.1. The van der Waals surface area contributed by atoms with Crippen LogP contribution in [0.4, 0.5) is 0 Å². The molecule has 0 amide bonds. The molecule has 0 spiro atoms. The average Bonchev–Trinajstić information content (AvgIpc) is 3.09. The van der Waals surface area contributed by atoms with Gasteiger partial charge in [-0.3, -0.25) is 18.2 Å². The van der Waals surface area contributed by atoms with E-state index in [1.807, 2.05) is 36.5 Å². The summed E-state index contributed by atoms with van der Waals surface area (Å²) >= 11 is 0. The molecule has 1 heteroatoms. The molecule has 0 bridgehead atoms. The molecule has 0 fully saturated rings. The molecular formula is C15H15Eu. The molecule has 0 unspecified atom stereocenters. The van der Waals surface area contributed by atoms with Crippen LogP contribution in [0.1, 0.15) is 19.3 Å². The summed E-state index contributed by atoms with van der Waals surface area (Å²) in [5.41, 5.74) is 0. The van der Waals surface area contributed by atoms with Gasteiger partial charge >= 0.3 is 49.4 Å². The Morgan fingerprint density at radius 3 is 0.938 bits per heavy atom. The van der Waals surface area contributed by atoms with Gasteiger partial charge in [0.15, 0.2) is 0 Å². The van der Waals surface area contributed by atoms with Crippen molar-refractivity contribution in [2.24, 2.45) is 0 Å². The number of hydrogen-bond acceptors (Lipinski definition) is 0. The Morgan fingerprint density at radius 1 is 0.562 bits per heavy atom. The van der Waals surface area contributed by atoms with Gasteiger partial charge in [-0.15, -0.1) is 19.3 Å².